The van der Waals surface area contributed by atoms with Gasteiger partial charge in [-0.3, -0.25) is 4.90 Å². The first kappa shape index (κ1) is 13.8. The Balaban J connectivity index is 1.46. The molecule has 110 valence electrons. The third-order valence-electron chi connectivity index (χ3n) is 5.49. The summed E-state index contributed by atoms with van der Waals surface area (Å²) < 4.78 is 0. The van der Waals surface area contributed by atoms with Crippen LogP contribution in [-0.2, 0) is 0 Å². The lowest BCUT2D eigenvalue weighted by molar-refractivity contribution is 0.104. The summed E-state index contributed by atoms with van der Waals surface area (Å²) >= 11 is 0. The van der Waals surface area contributed by atoms with Crippen molar-refractivity contribution in [2.24, 2.45) is 5.92 Å². The zero-order valence-corrected chi connectivity index (χ0v) is 12.6. The van der Waals surface area contributed by atoms with Gasteiger partial charge in [0.1, 0.15) is 0 Å². The lowest BCUT2D eigenvalue weighted by Crippen LogP contribution is -2.50. The Morgan fingerprint density at radius 3 is 2.32 bits per heavy atom. The second-order valence-electron chi connectivity index (χ2n) is 6.86. The Hall–Kier alpha value is -0.120. The second kappa shape index (κ2) is 6.55. The molecule has 0 radical (unpaired) electrons. The molecule has 0 aromatic carbocycles. The Morgan fingerprint density at radius 1 is 0.895 bits per heavy atom. The fraction of sp³-hybridized carbons (Fsp3) is 1.00. The highest BCUT2D eigenvalue weighted by atomic mass is 15.3. The van der Waals surface area contributed by atoms with Crippen LogP contribution in [0.25, 0.3) is 0 Å². The van der Waals surface area contributed by atoms with Gasteiger partial charge in [0.2, 0.25) is 0 Å². The molecule has 3 nitrogen and oxygen atoms in total. The minimum atomic E-state index is 0.768. The molecule has 3 aliphatic rings. The Bertz CT molecular complexity index is 269. The van der Waals surface area contributed by atoms with Crippen LogP contribution in [0.4, 0.5) is 0 Å². The molecule has 3 rings (SSSR count). The quantitative estimate of drug-likeness (QED) is 0.784. The van der Waals surface area contributed by atoms with Gasteiger partial charge in [0, 0.05) is 44.8 Å². The van der Waals surface area contributed by atoms with Gasteiger partial charge in [0.25, 0.3) is 0 Å². The highest BCUT2D eigenvalue weighted by Crippen LogP contribution is 2.28. The third kappa shape index (κ3) is 3.71. The first-order chi connectivity index (χ1) is 9.36. The molecule has 1 heterocycles. The summed E-state index contributed by atoms with van der Waals surface area (Å²) in [5, 5.41) is 3.58. The lowest BCUT2D eigenvalue weighted by Gasteiger charge is -2.38. The van der Waals surface area contributed by atoms with E-state index in [1.807, 2.05) is 0 Å². The van der Waals surface area contributed by atoms with E-state index in [1.165, 1.54) is 77.7 Å². The van der Waals surface area contributed by atoms with E-state index >= 15 is 0 Å². The maximum absolute atomic E-state index is 3.58. The standard InChI is InChI=1S/C16H31N3/c1-17-16-6-4-2-3-5-14(16)13-18-9-11-19(12-10-18)15-7-8-15/h14-17H,2-13H2,1H3. The summed E-state index contributed by atoms with van der Waals surface area (Å²) in [6, 6.07) is 1.73. The van der Waals surface area contributed by atoms with Gasteiger partial charge in [-0.05, 0) is 38.6 Å². The molecule has 1 N–H and O–H groups in total. The van der Waals surface area contributed by atoms with E-state index in [-0.39, 0.29) is 0 Å². The van der Waals surface area contributed by atoms with Gasteiger partial charge in [0.15, 0.2) is 0 Å². The maximum Gasteiger partial charge on any atom is 0.0113 e. The van der Waals surface area contributed by atoms with E-state index in [2.05, 4.69) is 22.2 Å². The summed E-state index contributed by atoms with van der Waals surface area (Å²) in [6.45, 7) is 6.60. The molecule has 3 heteroatoms. The van der Waals surface area contributed by atoms with Crippen molar-refractivity contribution in [3.8, 4) is 0 Å². The van der Waals surface area contributed by atoms with Crippen LogP contribution >= 0.6 is 0 Å². The average Bonchev–Trinajstić information content (AvgIpc) is 3.27. The van der Waals surface area contributed by atoms with Crippen molar-refractivity contribution in [2.45, 2.75) is 57.0 Å². The largest absolute Gasteiger partial charge is 0.317 e. The third-order valence-corrected chi connectivity index (χ3v) is 5.49. The molecule has 1 saturated heterocycles. The fourth-order valence-corrected chi connectivity index (χ4v) is 4.07. The van der Waals surface area contributed by atoms with Crippen molar-refractivity contribution in [3.05, 3.63) is 0 Å². The molecule has 2 atom stereocenters. The van der Waals surface area contributed by atoms with Crippen LogP contribution in [0, 0.1) is 5.92 Å². The van der Waals surface area contributed by atoms with Gasteiger partial charge in [-0.1, -0.05) is 19.3 Å². The van der Waals surface area contributed by atoms with E-state index in [4.69, 9.17) is 0 Å². The molecule has 2 saturated carbocycles. The molecule has 2 unspecified atom stereocenters. The molecule has 1 aliphatic heterocycles. The number of nitrogens with zero attached hydrogens (tertiary/aromatic N) is 2. The summed E-state index contributed by atoms with van der Waals surface area (Å²) in [7, 11) is 2.16. The summed E-state index contributed by atoms with van der Waals surface area (Å²) in [5.41, 5.74) is 0. The maximum atomic E-state index is 3.58. The molecule has 0 bridgehead atoms. The van der Waals surface area contributed by atoms with Gasteiger partial charge in [0.05, 0.1) is 0 Å². The highest BCUT2D eigenvalue weighted by molar-refractivity contribution is 4.89. The van der Waals surface area contributed by atoms with Crippen molar-refractivity contribution in [3.63, 3.8) is 0 Å². The topological polar surface area (TPSA) is 18.5 Å². The van der Waals surface area contributed by atoms with Crippen LogP contribution in [-0.4, -0.2) is 61.7 Å². The number of hydrogen-bond acceptors (Lipinski definition) is 3. The van der Waals surface area contributed by atoms with Crippen LogP contribution in [0.3, 0.4) is 0 Å². The van der Waals surface area contributed by atoms with E-state index in [0.717, 1.165) is 18.0 Å². The molecule has 0 aromatic rings. The van der Waals surface area contributed by atoms with Crippen molar-refractivity contribution in [1.82, 2.24) is 15.1 Å². The second-order valence-corrected chi connectivity index (χ2v) is 6.86. The first-order valence-corrected chi connectivity index (χ1v) is 8.50. The number of rotatable bonds is 4. The first-order valence-electron chi connectivity index (χ1n) is 8.50. The van der Waals surface area contributed by atoms with Crippen LogP contribution in [0.15, 0.2) is 0 Å². The summed E-state index contributed by atoms with van der Waals surface area (Å²) in [4.78, 5) is 5.46. The molecule has 0 amide bonds. The van der Waals surface area contributed by atoms with Gasteiger partial charge in [-0.2, -0.15) is 0 Å². The normalized spacial score (nSPS) is 35.2. The van der Waals surface area contributed by atoms with E-state index < -0.39 is 0 Å². The molecular weight excluding hydrogens is 234 g/mol. The van der Waals surface area contributed by atoms with E-state index in [1.54, 1.807) is 0 Å². The van der Waals surface area contributed by atoms with Gasteiger partial charge >= 0.3 is 0 Å². The van der Waals surface area contributed by atoms with Crippen molar-refractivity contribution in [2.75, 3.05) is 39.8 Å². The predicted octanol–water partition coefficient (Wildman–Crippen LogP) is 1.93. The zero-order valence-electron chi connectivity index (χ0n) is 12.6. The molecule has 3 fully saturated rings. The minimum absolute atomic E-state index is 0.768. The van der Waals surface area contributed by atoms with E-state index in [9.17, 15) is 0 Å². The van der Waals surface area contributed by atoms with Crippen molar-refractivity contribution in [1.29, 1.82) is 0 Å². The molecule has 2 aliphatic carbocycles. The fourth-order valence-electron chi connectivity index (χ4n) is 4.07. The molecule has 19 heavy (non-hydrogen) atoms. The van der Waals surface area contributed by atoms with E-state index in [0.29, 0.717) is 0 Å². The Kier molecular flexibility index (Phi) is 4.78. The van der Waals surface area contributed by atoms with Crippen LogP contribution < -0.4 is 5.32 Å². The molecular formula is C16H31N3. The average molecular weight is 265 g/mol. The van der Waals surface area contributed by atoms with Crippen molar-refractivity contribution < 1.29 is 0 Å². The van der Waals surface area contributed by atoms with Gasteiger partial charge < -0.3 is 10.2 Å². The molecule has 0 spiro atoms. The van der Waals surface area contributed by atoms with Gasteiger partial charge in [-0.25, -0.2) is 0 Å². The summed E-state index contributed by atoms with van der Waals surface area (Å²) in [5.74, 6) is 0.889. The summed E-state index contributed by atoms with van der Waals surface area (Å²) in [6.07, 6.45) is 10.1. The molecule has 0 aromatic heterocycles. The highest BCUT2D eigenvalue weighted by Gasteiger charge is 2.32. The van der Waals surface area contributed by atoms with Crippen LogP contribution in [0.5, 0.6) is 0 Å². The Labute approximate surface area is 118 Å². The van der Waals surface area contributed by atoms with Crippen molar-refractivity contribution >= 4 is 0 Å². The van der Waals surface area contributed by atoms with Crippen LogP contribution in [0.1, 0.15) is 44.9 Å². The zero-order chi connectivity index (χ0) is 13.1. The number of piperazine rings is 1. The monoisotopic (exact) mass is 265 g/mol. The van der Waals surface area contributed by atoms with Gasteiger partial charge in [-0.15, -0.1) is 0 Å². The lowest BCUT2D eigenvalue weighted by atomic mass is 9.94. The van der Waals surface area contributed by atoms with Crippen LogP contribution in [0.2, 0.25) is 0 Å². The Morgan fingerprint density at radius 2 is 1.63 bits per heavy atom. The number of nitrogens with one attached hydrogen (secondary N) is 1. The predicted molar refractivity (Wildman–Crippen MR) is 80.5 cm³/mol. The smallest absolute Gasteiger partial charge is 0.0113 e. The minimum Gasteiger partial charge on any atom is -0.317 e. The SMILES string of the molecule is CNC1CCCCCC1CN1CCN(C2CC2)CC1. The number of hydrogen-bond donors (Lipinski definition) is 1.